The van der Waals surface area contributed by atoms with Crippen molar-refractivity contribution in [3.63, 3.8) is 0 Å². The number of phenolic OH excluding ortho intramolecular Hbond substituents is 1. The third kappa shape index (κ3) is 2.81. The highest BCUT2D eigenvalue weighted by atomic mass is 16.3. The monoisotopic (exact) mass is 228 g/mol. The van der Waals surface area contributed by atoms with E-state index < -0.39 is 0 Å². The summed E-state index contributed by atoms with van der Waals surface area (Å²) in [5.74, 6) is 0.260. The molecule has 0 spiro atoms. The zero-order valence-electron chi connectivity index (χ0n) is 9.34. The van der Waals surface area contributed by atoms with Gasteiger partial charge in [-0.1, -0.05) is 12.1 Å². The molecule has 1 heterocycles. The minimum absolute atomic E-state index is 0.0644. The number of hydrogen-bond acceptors (Lipinski definition) is 3. The molecule has 0 aliphatic rings. The number of benzene rings is 1. The van der Waals surface area contributed by atoms with Gasteiger partial charge in [0.25, 0.3) is 5.91 Å². The van der Waals surface area contributed by atoms with Crippen LogP contribution in [0.5, 0.6) is 5.75 Å². The molecule has 0 saturated carbocycles. The fraction of sp³-hybridized carbons (Fsp3) is 0.0769. The average Bonchev–Trinajstić information content (AvgIpc) is 2.32. The smallest absolute Gasteiger partial charge is 0.256 e. The standard InChI is InChI=1S/C13H12N2O2/c1-9-5-6-12(14-8-9)15-13(17)10-3-2-4-11(16)7-10/h2-8,16H,1H3,(H,14,15,17). The molecule has 4 heteroatoms. The fourth-order valence-corrected chi connectivity index (χ4v) is 1.38. The molecule has 0 fully saturated rings. The Kier molecular flexibility index (Phi) is 3.05. The molecule has 0 bridgehead atoms. The van der Waals surface area contributed by atoms with Crippen LogP contribution in [0.15, 0.2) is 42.6 Å². The number of nitrogens with one attached hydrogen (secondary N) is 1. The third-order valence-electron chi connectivity index (χ3n) is 2.26. The summed E-state index contributed by atoms with van der Waals surface area (Å²) < 4.78 is 0. The van der Waals surface area contributed by atoms with Crippen molar-refractivity contribution in [3.8, 4) is 5.75 Å². The number of pyridine rings is 1. The average molecular weight is 228 g/mol. The van der Waals surface area contributed by atoms with Gasteiger partial charge in [-0.3, -0.25) is 4.79 Å². The molecule has 1 aromatic heterocycles. The van der Waals surface area contributed by atoms with Crippen molar-refractivity contribution in [3.05, 3.63) is 53.7 Å². The Morgan fingerprint density at radius 1 is 1.29 bits per heavy atom. The summed E-state index contributed by atoms with van der Waals surface area (Å²) in [5, 5.41) is 11.9. The molecule has 0 aliphatic carbocycles. The molecule has 1 aromatic carbocycles. The lowest BCUT2D eigenvalue weighted by molar-refractivity contribution is 0.102. The van der Waals surface area contributed by atoms with Gasteiger partial charge in [-0.25, -0.2) is 4.98 Å². The zero-order valence-corrected chi connectivity index (χ0v) is 9.34. The second-order valence-electron chi connectivity index (χ2n) is 3.73. The normalized spacial score (nSPS) is 9.94. The van der Waals surface area contributed by atoms with E-state index in [-0.39, 0.29) is 11.7 Å². The van der Waals surface area contributed by atoms with E-state index in [0.717, 1.165) is 5.56 Å². The molecule has 2 N–H and O–H groups in total. The first-order chi connectivity index (χ1) is 8.15. The van der Waals surface area contributed by atoms with Crippen LogP contribution in [0.3, 0.4) is 0 Å². The van der Waals surface area contributed by atoms with E-state index in [1.54, 1.807) is 24.4 Å². The number of aryl methyl sites for hydroxylation is 1. The number of carbonyl (C=O) groups is 1. The molecule has 0 radical (unpaired) electrons. The quantitative estimate of drug-likeness (QED) is 0.829. The van der Waals surface area contributed by atoms with E-state index in [1.165, 1.54) is 12.1 Å². The molecule has 86 valence electrons. The van der Waals surface area contributed by atoms with Crippen molar-refractivity contribution in [2.45, 2.75) is 6.92 Å². The van der Waals surface area contributed by atoms with Crippen molar-refractivity contribution >= 4 is 11.7 Å². The first-order valence-electron chi connectivity index (χ1n) is 5.18. The number of amides is 1. The molecule has 0 unspecified atom stereocenters. The van der Waals surface area contributed by atoms with Crippen LogP contribution in [0, 0.1) is 6.92 Å². The maximum Gasteiger partial charge on any atom is 0.256 e. The molecule has 2 rings (SSSR count). The van der Waals surface area contributed by atoms with Gasteiger partial charge in [-0.15, -0.1) is 0 Å². The SMILES string of the molecule is Cc1ccc(NC(=O)c2cccc(O)c2)nc1. The minimum Gasteiger partial charge on any atom is -0.508 e. The largest absolute Gasteiger partial charge is 0.508 e. The fourth-order valence-electron chi connectivity index (χ4n) is 1.38. The number of phenols is 1. The lowest BCUT2D eigenvalue weighted by Gasteiger charge is -2.04. The zero-order chi connectivity index (χ0) is 12.3. The summed E-state index contributed by atoms with van der Waals surface area (Å²) in [7, 11) is 0. The van der Waals surface area contributed by atoms with Crippen LogP contribution in [0.4, 0.5) is 5.82 Å². The lowest BCUT2D eigenvalue weighted by atomic mass is 10.2. The summed E-state index contributed by atoms with van der Waals surface area (Å²) in [6, 6.07) is 9.77. The van der Waals surface area contributed by atoms with Gasteiger partial charge < -0.3 is 10.4 Å². The lowest BCUT2D eigenvalue weighted by Crippen LogP contribution is -2.12. The van der Waals surface area contributed by atoms with Crippen LogP contribution in [-0.2, 0) is 0 Å². The number of aromatic hydroxyl groups is 1. The molecular weight excluding hydrogens is 216 g/mol. The Morgan fingerprint density at radius 2 is 2.12 bits per heavy atom. The number of carbonyl (C=O) groups excluding carboxylic acids is 1. The number of anilines is 1. The highest BCUT2D eigenvalue weighted by Crippen LogP contribution is 2.12. The van der Waals surface area contributed by atoms with Crippen LogP contribution in [0.2, 0.25) is 0 Å². The number of rotatable bonds is 2. The van der Waals surface area contributed by atoms with Gasteiger partial charge in [0.05, 0.1) is 0 Å². The van der Waals surface area contributed by atoms with Crippen LogP contribution < -0.4 is 5.32 Å². The van der Waals surface area contributed by atoms with E-state index in [4.69, 9.17) is 0 Å². The van der Waals surface area contributed by atoms with Gasteiger partial charge in [-0.05, 0) is 36.8 Å². The van der Waals surface area contributed by atoms with Crippen molar-refractivity contribution in [2.75, 3.05) is 5.32 Å². The highest BCUT2D eigenvalue weighted by Gasteiger charge is 2.06. The summed E-state index contributed by atoms with van der Waals surface area (Å²) in [6.45, 7) is 1.92. The van der Waals surface area contributed by atoms with Crippen LogP contribution in [0.25, 0.3) is 0 Å². The van der Waals surface area contributed by atoms with Crippen LogP contribution >= 0.6 is 0 Å². The molecule has 1 amide bonds. The molecule has 17 heavy (non-hydrogen) atoms. The van der Waals surface area contributed by atoms with Gasteiger partial charge in [-0.2, -0.15) is 0 Å². The molecule has 4 nitrogen and oxygen atoms in total. The van der Waals surface area contributed by atoms with Gasteiger partial charge in [0.1, 0.15) is 11.6 Å². The highest BCUT2D eigenvalue weighted by molar-refractivity contribution is 6.03. The molecule has 0 atom stereocenters. The van der Waals surface area contributed by atoms with Gasteiger partial charge in [0.2, 0.25) is 0 Å². The van der Waals surface area contributed by atoms with Crippen molar-refractivity contribution in [1.29, 1.82) is 0 Å². The van der Waals surface area contributed by atoms with E-state index in [9.17, 15) is 9.90 Å². The Bertz CT molecular complexity index is 535. The maximum atomic E-state index is 11.8. The maximum absolute atomic E-state index is 11.8. The third-order valence-corrected chi connectivity index (χ3v) is 2.26. The number of aromatic nitrogens is 1. The minimum atomic E-state index is -0.294. The second kappa shape index (κ2) is 4.65. The Morgan fingerprint density at radius 3 is 2.76 bits per heavy atom. The van der Waals surface area contributed by atoms with E-state index in [1.807, 2.05) is 13.0 Å². The second-order valence-corrected chi connectivity index (χ2v) is 3.73. The van der Waals surface area contributed by atoms with Crippen LogP contribution in [-0.4, -0.2) is 16.0 Å². The Labute approximate surface area is 98.9 Å². The summed E-state index contributed by atoms with van der Waals surface area (Å²) in [4.78, 5) is 15.9. The van der Waals surface area contributed by atoms with Gasteiger partial charge in [0, 0.05) is 11.8 Å². The molecule has 0 saturated heterocycles. The predicted molar refractivity (Wildman–Crippen MR) is 65.0 cm³/mol. The van der Waals surface area contributed by atoms with E-state index in [2.05, 4.69) is 10.3 Å². The van der Waals surface area contributed by atoms with Crippen molar-refractivity contribution < 1.29 is 9.90 Å². The summed E-state index contributed by atoms with van der Waals surface area (Å²) in [5.41, 5.74) is 1.42. The van der Waals surface area contributed by atoms with E-state index in [0.29, 0.717) is 11.4 Å². The number of nitrogens with zero attached hydrogens (tertiary/aromatic N) is 1. The van der Waals surface area contributed by atoms with Crippen LogP contribution in [0.1, 0.15) is 15.9 Å². The van der Waals surface area contributed by atoms with Crippen molar-refractivity contribution in [1.82, 2.24) is 4.98 Å². The molecule has 2 aromatic rings. The first-order valence-corrected chi connectivity index (χ1v) is 5.18. The summed E-state index contributed by atoms with van der Waals surface area (Å²) in [6.07, 6.45) is 1.68. The first kappa shape index (κ1) is 11.1. The molecule has 0 aliphatic heterocycles. The van der Waals surface area contributed by atoms with E-state index >= 15 is 0 Å². The predicted octanol–water partition coefficient (Wildman–Crippen LogP) is 2.35. The Hall–Kier alpha value is -2.36. The van der Waals surface area contributed by atoms with Gasteiger partial charge in [0.15, 0.2) is 0 Å². The van der Waals surface area contributed by atoms with Crippen molar-refractivity contribution in [2.24, 2.45) is 0 Å². The summed E-state index contributed by atoms with van der Waals surface area (Å²) >= 11 is 0. The van der Waals surface area contributed by atoms with Gasteiger partial charge >= 0.3 is 0 Å². The molecular formula is C13H12N2O2. The number of hydrogen-bond donors (Lipinski definition) is 2. The topological polar surface area (TPSA) is 62.2 Å². The Balaban J connectivity index is 2.14.